The van der Waals surface area contributed by atoms with E-state index in [1.165, 1.54) is 31.9 Å². The molecule has 0 aromatic carbocycles. The highest BCUT2D eigenvalue weighted by Gasteiger charge is 2.44. The fourth-order valence-corrected chi connectivity index (χ4v) is 3.84. The van der Waals surface area contributed by atoms with Gasteiger partial charge in [0.2, 0.25) is 11.8 Å². The second-order valence-electron chi connectivity index (χ2n) is 8.09. The molecule has 0 aliphatic carbocycles. The van der Waals surface area contributed by atoms with Crippen molar-refractivity contribution in [3.8, 4) is 5.88 Å². The van der Waals surface area contributed by atoms with Crippen LogP contribution in [0.1, 0.15) is 46.8 Å². The smallest absolute Gasteiger partial charge is 0.359 e. The third-order valence-electron chi connectivity index (χ3n) is 5.09. The van der Waals surface area contributed by atoms with Gasteiger partial charge in [-0.05, 0) is 27.2 Å². The molecule has 0 amide bonds. The molecule has 0 radical (unpaired) electrons. The first kappa shape index (κ1) is 26.4. The molecule has 2 aromatic rings. The zero-order valence-corrected chi connectivity index (χ0v) is 19.7. The third-order valence-corrected chi connectivity index (χ3v) is 7.16. The molecule has 0 aliphatic heterocycles. The number of aliphatic hydroxyl groups is 3. The van der Waals surface area contributed by atoms with E-state index >= 15 is 0 Å². The van der Waals surface area contributed by atoms with Gasteiger partial charge in [-0.15, -0.1) is 0 Å². The Bertz CT molecular complexity index is 965. The Morgan fingerprint density at radius 1 is 1.31 bits per heavy atom. The number of aliphatic hydroxyl groups excluding tert-OH is 2. The molecule has 4 atom stereocenters. The van der Waals surface area contributed by atoms with Crippen molar-refractivity contribution in [3.63, 3.8) is 0 Å². The number of aromatic nitrogens is 4. The number of nitrogens with zero attached hydrogens (tertiary/aromatic N) is 4. The van der Waals surface area contributed by atoms with Gasteiger partial charge in [0.25, 0.3) is 0 Å². The van der Waals surface area contributed by atoms with Crippen molar-refractivity contribution in [2.75, 3.05) is 26.1 Å². The maximum Gasteiger partial charge on any atom is 0.359 e. The van der Waals surface area contributed by atoms with Crippen LogP contribution in [0.3, 0.4) is 0 Å². The first-order valence-electron chi connectivity index (χ1n) is 9.99. The molecule has 0 saturated heterocycles. The van der Waals surface area contributed by atoms with E-state index in [0.29, 0.717) is 6.42 Å². The summed E-state index contributed by atoms with van der Waals surface area (Å²) < 4.78 is 30.2. The number of anilines is 1. The summed E-state index contributed by atoms with van der Waals surface area (Å²) in [6.45, 7) is 5.12. The van der Waals surface area contributed by atoms with Crippen molar-refractivity contribution >= 4 is 24.7 Å². The van der Waals surface area contributed by atoms with Crippen LogP contribution in [-0.4, -0.2) is 77.1 Å². The van der Waals surface area contributed by atoms with E-state index < -0.39 is 37.5 Å². The largest absolute Gasteiger partial charge is 0.479 e. The minimum Gasteiger partial charge on any atom is -0.479 e. The molecule has 0 spiro atoms. The van der Waals surface area contributed by atoms with Crippen molar-refractivity contribution in [1.82, 2.24) is 19.5 Å². The van der Waals surface area contributed by atoms with Gasteiger partial charge < -0.3 is 39.9 Å². The summed E-state index contributed by atoms with van der Waals surface area (Å²) >= 11 is 0. The Balaban J connectivity index is 2.25. The van der Waals surface area contributed by atoms with Gasteiger partial charge in [-0.1, -0.05) is 6.92 Å². The summed E-state index contributed by atoms with van der Waals surface area (Å²) in [7, 11) is -2.95. The van der Waals surface area contributed by atoms with Crippen LogP contribution in [0.5, 0.6) is 5.88 Å². The minimum atomic E-state index is -4.35. The number of hydrogen-bond donors (Lipinski definition) is 5. The van der Waals surface area contributed by atoms with Crippen LogP contribution in [0, 0.1) is 0 Å². The van der Waals surface area contributed by atoms with Crippen molar-refractivity contribution in [1.29, 1.82) is 0 Å². The highest BCUT2D eigenvalue weighted by atomic mass is 31.2. The van der Waals surface area contributed by atoms with E-state index in [2.05, 4.69) is 15.0 Å². The van der Waals surface area contributed by atoms with Crippen molar-refractivity contribution in [3.05, 3.63) is 6.33 Å². The molecule has 0 aliphatic rings. The summed E-state index contributed by atoms with van der Waals surface area (Å²) in [5.74, 6) is 0.0615. The Kier molecular flexibility index (Phi) is 8.21. The number of hydrogen-bond acceptors (Lipinski definition) is 11. The average molecular weight is 477 g/mol. The van der Waals surface area contributed by atoms with Crippen LogP contribution in [-0.2, 0) is 13.8 Å². The number of fused-ring (bicyclic) bond motifs is 1. The van der Waals surface area contributed by atoms with Crippen molar-refractivity contribution in [2.45, 2.75) is 63.8 Å². The average Bonchev–Trinajstić information content (AvgIpc) is 3.12. The van der Waals surface area contributed by atoms with Gasteiger partial charge in [0, 0.05) is 6.42 Å². The van der Waals surface area contributed by atoms with E-state index in [9.17, 15) is 24.8 Å². The molecule has 2 heterocycles. The highest BCUT2D eigenvalue weighted by molar-refractivity contribution is 7.54. The second kappa shape index (κ2) is 9.96. The number of imidazole rings is 1. The first-order chi connectivity index (χ1) is 14.8. The van der Waals surface area contributed by atoms with Crippen LogP contribution in [0.15, 0.2) is 6.33 Å². The molecular formula is C18H32N5O8P. The molecule has 32 heavy (non-hydrogen) atoms. The quantitative estimate of drug-likeness (QED) is 0.270. The van der Waals surface area contributed by atoms with Crippen LogP contribution in [0.2, 0.25) is 0 Å². The lowest BCUT2D eigenvalue weighted by atomic mass is 10.0. The van der Waals surface area contributed by atoms with Crippen molar-refractivity contribution in [2.24, 2.45) is 0 Å². The molecule has 13 nitrogen and oxygen atoms in total. The number of ether oxygens (including phenoxy) is 2. The molecule has 2 rings (SSSR count). The molecule has 0 bridgehead atoms. The summed E-state index contributed by atoms with van der Waals surface area (Å²) in [4.78, 5) is 22.4. The summed E-state index contributed by atoms with van der Waals surface area (Å²) in [6, 6.07) is 0. The van der Waals surface area contributed by atoms with Gasteiger partial charge in [-0.25, -0.2) is 4.98 Å². The normalized spacial score (nSPS) is 18.2. The third kappa shape index (κ3) is 5.73. The number of nitrogens with two attached hydrogens (primary N) is 1. The van der Waals surface area contributed by atoms with Crippen LogP contribution >= 0.6 is 7.60 Å². The summed E-state index contributed by atoms with van der Waals surface area (Å²) in [5, 5.41) is 27.9. The Morgan fingerprint density at radius 3 is 2.50 bits per heavy atom. The summed E-state index contributed by atoms with van der Waals surface area (Å²) in [6.07, 6.45) is -0.620. The Hall–Kier alpha value is -1.86. The zero-order valence-electron chi connectivity index (χ0n) is 18.8. The Labute approximate surface area is 185 Å². The molecule has 0 saturated carbocycles. The molecule has 0 fully saturated rings. The first-order valence-corrected chi connectivity index (χ1v) is 11.6. The second-order valence-corrected chi connectivity index (χ2v) is 10.4. The van der Waals surface area contributed by atoms with E-state index in [0.717, 1.165) is 0 Å². The number of methoxy groups -OCH3 is 1. The minimum absolute atomic E-state index is 0.0324. The lowest BCUT2D eigenvalue weighted by Gasteiger charge is -2.35. The van der Waals surface area contributed by atoms with E-state index in [1.807, 2.05) is 0 Å². The van der Waals surface area contributed by atoms with Crippen molar-refractivity contribution < 1.29 is 38.8 Å². The van der Waals surface area contributed by atoms with E-state index in [1.54, 1.807) is 13.8 Å². The van der Waals surface area contributed by atoms with E-state index in [4.69, 9.17) is 19.7 Å². The summed E-state index contributed by atoms with van der Waals surface area (Å²) in [5.41, 5.74) is 5.13. The number of rotatable bonds is 12. The highest BCUT2D eigenvalue weighted by Crippen LogP contribution is 2.57. The standard InChI is InChI=1S/C18H32N5O8P/c1-6-18(4,31-32(27,28)17(2,3)26)7-8-30-15(11(25)9-24)23-10-20-12-13(23)21-16(19)22-14(12)29-5/h10-11,15,24-26H,6-9H2,1-5H3,(H,27,28)(H2,19,21,22)/t11-,15-,18?/m1/s1. The van der Waals surface area contributed by atoms with Crippen LogP contribution in [0.25, 0.3) is 11.2 Å². The molecule has 2 aromatic heterocycles. The van der Waals surface area contributed by atoms with E-state index in [-0.39, 0.29) is 36.0 Å². The van der Waals surface area contributed by atoms with Gasteiger partial charge >= 0.3 is 7.60 Å². The fraction of sp³-hybridized carbons (Fsp3) is 0.722. The maximum atomic E-state index is 12.4. The predicted octanol–water partition coefficient (Wildman–Crippen LogP) is 0.775. The zero-order chi connectivity index (χ0) is 24.3. The van der Waals surface area contributed by atoms with Gasteiger partial charge in [0.1, 0.15) is 6.10 Å². The SMILES string of the molecule is CCC(C)(CCO[C@H]([C@H](O)CO)n1cnc2c(OC)nc(N)nc21)OP(=O)(O)C(C)(C)O. The Morgan fingerprint density at radius 2 is 1.97 bits per heavy atom. The molecular weight excluding hydrogens is 445 g/mol. The number of nitrogen functional groups attached to an aromatic ring is 1. The molecule has 2 unspecified atom stereocenters. The molecule has 6 N–H and O–H groups in total. The molecule has 182 valence electrons. The van der Waals surface area contributed by atoms with Crippen LogP contribution in [0.4, 0.5) is 5.95 Å². The van der Waals surface area contributed by atoms with Crippen LogP contribution < -0.4 is 10.5 Å². The van der Waals surface area contributed by atoms with Gasteiger partial charge in [-0.3, -0.25) is 9.13 Å². The predicted molar refractivity (Wildman–Crippen MR) is 115 cm³/mol. The maximum absolute atomic E-state index is 12.4. The lowest BCUT2D eigenvalue weighted by Crippen LogP contribution is -2.35. The van der Waals surface area contributed by atoms with Gasteiger partial charge in [-0.2, -0.15) is 9.97 Å². The van der Waals surface area contributed by atoms with Gasteiger partial charge in [0.05, 0.1) is 32.3 Å². The van der Waals surface area contributed by atoms with Gasteiger partial charge in [0.15, 0.2) is 22.7 Å². The topological polar surface area (TPSA) is 195 Å². The lowest BCUT2D eigenvalue weighted by molar-refractivity contribution is -0.107. The fourth-order valence-electron chi connectivity index (χ4n) is 2.80. The monoisotopic (exact) mass is 477 g/mol. The molecule has 14 heteroatoms.